The molecule has 0 radical (unpaired) electrons. The Bertz CT molecular complexity index is 470. The van der Waals surface area contributed by atoms with Gasteiger partial charge in [-0.25, -0.2) is 0 Å². The molecule has 0 aromatic carbocycles. The van der Waals surface area contributed by atoms with Gasteiger partial charge in [0.1, 0.15) is 0 Å². The number of amides is 1. The second kappa shape index (κ2) is 11.5. The quantitative estimate of drug-likeness (QED) is 0.366. The summed E-state index contributed by atoms with van der Waals surface area (Å²) >= 11 is 0. The molecule has 1 saturated heterocycles. The lowest BCUT2D eigenvalue weighted by atomic mass is 9.89. The maximum absolute atomic E-state index is 12.3. The summed E-state index contributed by atoms with van der Waals surface area (Å²) < 4.78 is 0. The Kier molecular flexibility index (Phi) is 10.1. The fourth-order valence-electron chi connectivity index (χ4n) is 3.41. The average Bonchev–Trinajstić information content (AvgIpc) is 3.04. The number of likely N-dealkylation sites (tertiary alicyclic amines) is 1. The molecule has 0 aliphatic carbocycles. The smallest absolute Gasteiger partial charge is 0.239 e. The molecule has 158 valence electrons. The number of carbonyl (C=O) groups is 1. The first-order valence-corrected chi connectivity index (χ1v) is 10.6. The van der Waals surface area contributed by atoms with Crippen LogP contribution in [0.15, 0.2) is 4.99 Å². The van der Waals surface area contributed by atoms with Crippen molar-refractivity contribution in [1.82, 2.24) is 20.4 Å². The highest BCUT2D eigenvalue weighted by molar-refractivity contribution is 5.81. The van der Waals surface area contributed by atoms with Gasteiger partial charge in [-0.15, -0.1) is 0 Å². The van der Waals surface area contributed by atoms with Crippen LogP contribution in [0.1, 0.15) is 66.7 Å². The Labute approximate surface area is 167 Å². The number of guanidine groups is 1. The highest BCUT2D eigenvalue weighted by Gasteiger charge is 2.30. The predicted molar refractivity (Wildman–Crippen MR) is 115 cm³/mol. The highest BCUT2D eigenvalue weighted by atomic mass is 16.2. The topological polar surface area (TPSA) is 60.0 Å². The van der Waals surface area contributed by atoms with Crippen LogP contribution in [-0.2, 0) is 4.79 Å². The zero-order chi connectivity index (χ0) is 20.4. The number of hydrogen-bond donors (Lipinski definition) is 2. The molecular formula is C21H43N5O. The molecule has 6 heteroatoms. The molecule has 2 N–H and O–H groups in total. The fourth-order valence-corrected chi connectivity index (χ4v) is 3.41. The van der Waals surface area contributed by atoms with Crippen molar-refractivity contribution in [2.75, 3.05) is 40.3 Å². The van der Waals surface area contributed by atoms with Gasteiger partial charge in [-0.2, -0.15) is 0 Å². The van der Waals surface area contributed by atoms with Crippen LogP contribution in [-0.4, -0.2) is 74.0 Å². The van der Waals surface area contributed by atoms with E-state index in [9.17, 15) is 4.79 Å². The number of carbonyl (C=O) groups excluding carboxylic acids is 1. The lowest BCUT2D eigenvalue weighted by molar-refractivity contribution is -0.133. The zero-order valence-electron chi connectivity index (χ0n) is 18.8. The molecule has 0 spiro atoms. The molecule has 1 amide bonds. The molecule has 6 nitrogen and oxygen atoms in total. The maximum Gasteiger partial charge on any atom is 0.239 e. The minimum atomic E-state index is 0.0627. The number of nitrogens with one attached hydrogen (secondary N) is 2. The van der Waals surface area contributed by atoms with E-state index in [1.54, 1.807) is 4.90 Å². The van der Waals surface area contributed by atoms with E-state index in [1.807, 2.05) is 14.1 Å². The van der Waals surface area contributed by atoms with Crippen LogP contribution in [0.2, 0.25) is 0 Å². The third-order valence-electron chi connectivity index (χ3n) is 5.02. The number of nitrogens with zero attached hydrogens (tertiary/aromatic N) is 3. The van der Waals surface area contributed by atoms with Crippen LogP contribution in [0.5, 0.6) is 0 Å². The molecule has 1 rings (SSSR count). The van der Waals surface area contributed by atoms with Crippen LogP contribution in [0.25, 0.3) is 0 Å². The van der Waals surface area contributed by atoms with Gasteiger partial charge >= 0.3 is 0 Å². The molecule has 0 aromatic heterocycles. The third kappa shape index (κ3) is 9.45. The van der Waals surface area contributed by atoms with Gasteiger partial charge in [0.25, 0.3) is 0 Å². The molecule has 2 unspecified atom stereocenters. The van der Waals surface area contributed by atoms with Crippen LogP contribution in [0, 0.1) is 5.41 Å². The van der Waals surface area contributed by atoms with E-state index < -0.39 is 0 Å². The van der Waals surface area contributed by atoms with Crippen molar-refractivity contribution in [3.05, 3.63) is 0 Å². The van der Waals surface area contributed by atoms with Gasteiger partial charge in [0.2, 0.25) is 5.91 Å². The molecule has 0 bridgehead atoms. The largest absolute Gasteiger partial charge is 0.357 e. The summed E-state index contributed by atoms with van der Waals surface area (Å²) in [5, 5.41) is 6.87. The van der Waals surface area contributed by atoms with E-state index in [1.165, 1.54) is 6.42 Å². The third-order valence-corrected chi connectivity index (χ3v) is 5.02. The summed E-state index contributed by atoms with van der Waals surface area (Å²) in [5.74, 6) is 1.14. The molecular weight excluding hydrogens is 338 g/mol. The van der Waals surface area contributed by atoms with Gasteiger partial charge in [0, 0.05) is 39.8 Å². The molecule has 1 heterocycles. The summed E-state index contributed by atoms with van der Waals surface area (Å²) in [4.78, 5) is 21.0. The van der Waals surface area contributed by atoms with E-state index >= 15 is 0 Å². The van der Waals surface area contributed by atoms with Gasteiger partial charge in [-0.05, 0) is 57.9 Å². The Morgan fingerprint density at radius 3 is 2.63 bits per heavy atom. The van der Waals surface area contributed by atoms with Crippen molar-refractivity contribution in [2.24, 2.45) is 10.4 Å². The Morgan fingerprint density at radius 1 is 1.33 bits per heavy atom. The monoisotopic (exact) mass is 381 g/mol. The summed E-state index contributed by atoms with van der Waals surface area (Å²) in [6.07, 6.45) is 5.40. The average molecular weight is 382 g/mol. The minimum absolute atomic E-state index is 0.0627. The zero-order valence-corrected chi connectivity index (χ0v) is 18.8. The second-order valence-corrected chi connectivity index (χ2v) is 9.19. The number of rotatable bonds is 9. The van der Waals surface area contributed by atoms with Crippen molar-refractivity contribution >= 4 is 11.9 Å². The summed E-state index contributed by atoms with van der Waals surface area (Å²) in [6.45, 7) is 14.8. The molecule has 0 saturated carbocycles. The Morgan fingerprint density at radius 2 is 2.04 bits per heavy atom. The van der Waals surface area contributed by atoms with Crippen LogP contribution in [0.3, 0.4) is 0 Å². The van der Waals surface area contributed by atoms with E-state index in [4.69, 9.17) is 4.99 Å². The first-order chi connectivity index (χ1) is 12.6. The maximum atomic E-state index is 12.3. The molecule has 1 fully saturated rings. The van der Waals surface area contributed by atoms with E-state index in [-0.39, 0.29) is 11.9 Å². The first kappa shape index (κ1) is 23.7. The molecule has 27 heavy (non-hydrogen) atoms. The normalized spacial score (nSPS) is 19.8. The van der Waals surface area contributed by atoms with Crippen LogP contribution in [0.4, 0.5) is 0 Å². The molecule has 1 aliphatic heterocycles. The Hall–Kier alpha value is -1.30. The van der Waals surface area contributed by atoms with Crippen molar-refractivity contribution in [3.63, 3.8) is 0 Å². The van der Waals surface area contributed by atoms with E-state index in [0.717, 1.165) is 57.8 Å². The number of likely N-dealkylation sites (N-methyl/N-ethyl adjacent to an activating group) is 1. The van der Waals surface area contributed by atoms with Crippen molar-refractivity contribution < 1.29 is 4.79 Å². The van der Waals surface area contributed by atoms with Crippen molar-refractivity contribution in [1.29, 1.82) is 0 Å². The standard InChI is InChI=1S/C21H43N5O/c1-8-22-20(24-17(2)12-13-21(3,4)5)23-14-10-16-26-15-9-11-18(26)19(27)25(6)7/h17-18H,8-16H2,1-7H3,(H2,22,23,24). The van der Waals surface area contributed by atoms with Gasteiger partial charge in [-0.1, -0.05) is 20.8 Å². The number of hydrogen-bond acceptors (Lipinski definition) is 3. The Balaban J connectivity index is 2.43. The van der Waals surface area contributed by atoms with Crippen molar-refractivity contribution in [2.45, 2.75) is 78.8 Å². The molecule has 0 aromatic rings. The lowest BCUT2D eigenvalue weighted by Crippen LogP contribution is -2.43. The SMILES string of the molecule is CCNC(=NCCCN1CCCC1C(=O)N(C)C)NC(C)CCC(C)(C)C. The van der Waals surface area contributed by atoms with Gasteiger partial charge in [0.15, 0.2) is 5.96 Å². The molecule has 1 aliphatic rings. The van der Waals surface area contributed by atoms with Gasteiger partial charge < -0.3 is 15.5 Å². The van der Waals surface area contributed by atoms with E-state index in [2.05, 4.69) is 50.2 Å². The number of aliphatic imine (C=N–C) groups is 1. The fraction of sp³-hybridized carbons (Fsp3) is 0.905. The summed E-state index contributed by atoms with van der Waals surface area (Å²) in [7, 11) is 3.69. The van der Waals surface area contributed by atoms with E-state index in [0.29, 0.717) is 11.5 Å². The summed E-state index contributed by atoms with van der Waals surface area (Å²) in [6, 6.07) is 0.468. The molecule has 2 atom stereocenters. The van der Waals surface area contributed by atoms with Gasteiger partial charge in [-0.3, -0.25) is 14.7 Å². The second-order valence-electron chi connectivity index (χ2n) is 9.19. The van der Waals surface area contributed by atoms with Crippen LogP contribution >= 0.6 is 0 Å². The predicted octanol–water partition coefficient (Wildman–Crippen LogP) is 2.70. The summed E-state index contributed by atoms with van der Waals surface area (Å²) in [5.41, 5.74) is 0.363. The minimum Gasteiger partial charge on any atom is -0.357 e. The van der Waals surface area contributed by atoms with Crippen molar-refractivity contribution in [3.8, 4) is 0 Å². The first-order valence-electron chi connectivity index (χ1n) is 10.6. The highest BCUT2D eigenvalue weighted by Crippen LogP contribution is 2.21. The van der Waals surface area contributed by atoms with Gasteiger partial charge in [0.05, 0.1) is 6.04 Å². The lowest BCUT2D eigenvalue weighted by Gasteiger charge is -2.26. The van der Waals surface area contributed by atoms with Crippen LogP contribution < -0.4 is 10.6 Å².